The molecule has 0 spiro atoms. The minimum absolute atomic E-state index is 0.0110. The summed E-state index contributed by atoms with van der Waals surface area (Å²) in [7, 11) is 0. The summed E-state index contributed by atoms with van der Waals surface area (Å²) < 4.78 is 13.3. The molecule has 3 aromatic carbocycles. The average molecular weight is 415 g/mol. The number of fused-ring (bicyclic) bond motifs is 1. The van der Waals surface area contributed by atoms with Gasteiger partial charge in [-0.15, -0.1) is 0 Å². The van der Waals surface area contributed by atoms with Gasteiger partial charge in [-0.1, -0.05) is 36.4 Å². The Balaban J connectivity index is 1.61. The Morgan fingerprint density at radius 3 is 2.55 bits per heavy atom. The molecule has 156 valence electrons. The van der Waals surface area contributed by atoms with E-state index in [0.29, 0.717) is 22.6 Å². The van der Waals surface area contributed by atoms with Crippen molar-refractivity contribution in [2.75, 3.05) is 16.8 Å². The van der Waals surface area contributed by atoms with Crippen LogP contribution >= 0.6 is 0 Å². The molecule has 0 saturated heterocycles. The maximum atomic E-state index is 13.3. The van der Waals surface area contributed by atoms with Crippen LogP contribution in [-0.4, -0.2) is 24.1 Å². The number of aryl methyl sites for hydroxylation is 1. The third kappa shape index (κ3) is 4.38. The lowest BCUT2D eigenvalue weighted by Gasteiger charge is -2.22. The fraction of sp³-hybridized carbons (Fsp3) is 0.160. The Kier molecular flexibility index (Phi) is 5.62. The number of hydrogen-bond acceptors (Lipinski definition) is 3. The highest BCUT2D eigenvalue weighted by Gasteiger charge is 2.26. The Hall–Kier alpha value is -3.80. The van der Waals surface area contributed by atoms with E-state index in [1.807, 2.05) is 38.1 Å². The Morgan fingerprint density at radius 1 is 1.03 bits per heavy atom. The molecule has 0 atom stereocenters. The molecule has 31 heavy (non-hydrogen) atoms. The largest absolute Gasteiger partial charge is 0.324 e. The number of carbonyl (C=O) groups excluding carboxylic acids is 2. The minimum Gasteiger partial charge on any atom is -0.324 e. The lowest BCUT2D eigenvalue weighted by atomic mass is 10.1. The average Bonchev–Trinajstić information content (AvgIpc) is 2.89. The summed E-state index contributed by atoms with van der Waals surface area (Å²) in [5.74, 6) is -0.888. The number of halogens is 1. The van der Waals surface area contributed by atoms with Gasteiger partial charge in [-0.05, 0) is 60.9 Å². The highest BCUT2D eigenvalue weighted by atomic mass is 19.1. The van der Waals surface area contributed by atoms with Gasteiger partial charge in [0.05, 0.1) is 23.5 Å². The van der Waals surface area contributed by atoms with Gasteiger partial charge < -0.3 is 10.2 Å². The van der Waals surface area contributed by atoms with Crippen molar-refractivity contribution in [2.24, 2.45) is 4.99 Å². The highest BCUT2D eigenvalue weighted by molar-refractivity contribution is 6.19. The van der Waals surface area contributed by atoms with Crippen LogP contribution in [0, 0.1) is 19.7 Å². The summed E-state index contributed by atoms with van der Waals surface area (Å²) in [6.45, 7) is 3.80. The van der Waals surface area contributed by atoms with Crippen molar-refractivity contribution >= 4 is 34.6 Å². The molecule has 0 saturated carbocycles. The Morgan fingerprint density at radius 2 is 1.77 bits per heavy atom. The molecule has 1 aliphatic heterocycles. The second-order valence-electron chi connectivity index (χ2n) is 7.51. The third-order valence-electron chi connectivity index (χ3n) is 5.41. The number of anilines is 2. The fourth-order valence-electron chi connectivity index (χ4n) is 3.55. The van der Waals surface area contributed by atoms with E-state index in [1.54, 1.807) is 30.3 Å². The van der Waals surface area contributed by atoms with Crippen molar-refractivity contribution in [3.8, 4) is 0 Å². The number of para-hydroxylation sites is 2. The summed E-state index contributed by atoms with van der Waals surface area (Å²) in [5, 5.41) is 2.91. The van der Waals surface area contributed by atoms with Crippen molar-refractivity contribution in [1.29, 1.82) is 0 Å². The SMILES string of the molecule is Cc1cccc(NC(=O)CN2C(=O)CC(c3ccc(F)cc3)=Nc3ccccc32)c1C. The first kappa shape index (κ1) is 20.5. The molecule has 1 aliphatic rings. The monoisotopic (exact) mass is 415 g/mol. The van der Waals surface area contributed by atoms with Crippen LogP contribution in [0.4, 0.5) is 21.5 Å². The molecule has 3 aromatic rings. The van der Waals surface area contributed by atoms with Gasteiger partial charge in [0, 0.05) is 5.69 Å². The molecular formula is C25H22FN3O2. The van der Waals surface area contributed by atoms with E-state index in [2.05, 4.69) is 10.3 Å². The second-order valence-corrected chi connectivity index (χ2v) is 7.51. The van der Waals surface area contributed by atoms with E-state index in [9.17, 15) is 14.0 Å². The van der Waals surface area contributed by atoms with Gasteiger partial charge in [-0.3, -0.25) is 14.6 Å². The van der Waals surface area contributed by atoms with Gasteiger partial charge in [0.1, 0.15) is 12.4 Å². The zero-order valence-corrected chi connectivity index (χ0v) is 17.4. The molecule has 0 unspecified atom stereocenters. The van der Waals surface area contributed by atoms with Crippen molar-refractivity contribution in [2.45, 2.75) is 20.3 Å². The van der Waals surface area contributed by atoms with E-state index in [0.717, 1.165) is 16.8 Å². The van der Waals surface area contributed by atoms with E-state index in [1.165, 1.54) is 17.0 Å². The number of benzene rings is 3. The Bertz CT molecular complexity index is 1190. The van der Waals surface area contributed by atoms with Crippen LogP contribution in [0.3, 0.4) is 0 Å². The van der Waals surface area contributed by atoms with Gasteiger partial charge >= 0.3 is 0 Å². The highest BCUT2D eigenvalue weighted by Crippen LogP contribution is 2.33. The predicted molar refractivity (Wildman–Crippen MR) is 121 cm³/mol. The number of nitrogens with one attached hydrogen (secondary N) is 1. The third-order valence-corrected chi connectivity index (χ3v) is 5.41. The first-order valence-electron chi connectivity index (χ1n) is 10.0. The first-order chi connectivity index (χ1) is 14.9. The first-order valence-corrected chi connectivity index (χ1v) is 10.0. The number of hydrogen-bond donors (Lipinski definition) is 1. The van der Waals surface area contributed by atoms with Crippen LogP contribution in [0.1, 0.15) is 23.1 Å². The van der Waals surface area contributed by atoms with Crippen molar-refractivity contribution < 1.29 is 14.0 Å². The maximum Gasteiger partial charge on any atom is 0.244 e. The molecule has 1 N–H and O–H groups in total. The van der Waals surface area contributed by atoms with Crippen molar-refractivity contribution in [3.63, 3.8) is 0 Å². The summed E-state index contributed by atoms with van der Waals surface area (Å²) in [4.78, 5) is 32.1. The predicted octanol–water partition coefficient (Wildman–Crippen LogP) is 4.94. The molecule has 4 rings (SSSR count). The maximum absolute atomic E-state index is 13.3. The van der Waals surface area contributed by atoms with E-state index < -0.39 is 0 Å². The number of aliphatic imine (C=N–C) groups is 1. The van der Waals surface area contributed by atoms with E-state index in [-0.39, 0.29) is 30.6 Å². The molecule has 6 heteroatoms. The van der Waals surface area contributed by atoms with Gasteiger partial charge in [-0.25, -0.2) is 4.39 Å². The zero-order chi connectivity index (χ0) is 22.0. The fourth-order valence-corrected chi connectivity index (χ4v) is 3.55. The van der Waals surface area contributed by atoms with Crippen LogP contribution in [0.15, 0.2) is 71.7 Å². The topological polar surface area (TPSA) is 61.8 Å². The smallest absolute Gasteiger partial charge is 0.244 e. The van der Waals surface area contributed by atoms with Crippen LogP contribution in [0.25, 0.3) is 0 Å². The molecule has 1 heterocycles. The zero-order valence-electron chi connectivity index (χ0n) is 17.4. The molecular weight excluding hydrogens is 393 g/mol. The summed E-state index contributed by atoms with van der Waals surface area (Å²) >= 11 is 0. The number of amides is 2. The van der Waals surface area contributed by atoms with Gasteiger partial charge in [-0.2, -0.15) is 0 Å². The summed E-state index contributed by atoms with van der Waals surface area (Å²) in [6.07, 6.45) is 0.0110. The quantitative estimate of drug-likeness (QED) is 0.656. The second kappa shape index (κ2) is 8.52. The lowest BCUT2D eigenvalue weighted by Crippen LogP contribution is -2.38. The van der Waals surface area contributed by atoms with Crippen LogP contribution in [0.5, 0.6) is 0 Å². The number of rotatable bonds is 4. The standard InChI is InChI=1S/C25H22FN3O2/c1-16-6-5-8-20(17(16)2)28-24(30)15-29-23-9-4-3-7-21(23)27-22(14-25(29)31)18-10-12-19(26)13-11-18/h3-13H,14-15H2,1-2H3,(H,28,30). The molecule has 0 aromatic heterocycles. The van der Waals surface area contributed by atoms with Crippen LogP contribution in [0.2, 0.25) is 0 Å². The summed E-state index contributed by atoms with van der Waals surface area (Å²) in [6, 6.07) is 18.8. The molecule has 0 radical (unpaired) electrons. The Labute approximate surface area is 180 Å². The van der Waals surface area contributed by atoms with Crippen molar-refractivity contribution in [1.82, 2.24) is 0 Å². The van der Waals surface area contributed by atoms with Gasteiger partial charge in [0.2, 0.25) is 11.8 Å². The van der Waals surface area contributed by atoms with Crippen LogP contribution in [-0.2, 0) is 9.59 Å². The molecule has 0 bridgehead atoms. The van der Waals surface area contributed by atoms with Crippen LogP contribution < -0.4 is 10.2 Å². The molecule has 0 fully saturated rings. The molecule has 2 amide bonds. The normalized spacial score (nSPS) is 13.3. The van der Waals surface area contributed by atoms with Gasteiger partial charge in [0.15, 0.2) is 0 Å². The van der Waals surface area contributed by atoms with Gasteiger partial charge in [0.25, 0.3) is 0 Å². The molecule has 0 aliphatic carbocycles. The minimum atomic E-state index is -0.352. The lowest BCUT2D eigenvalue weighted by molar-refractivity contribution is -0.120. The van der Waals surface area contributed by atoms with E-state index in [4.69, 9.17) is 0 Å². The number of nitrogens with zero attached hydrogens (tertiary/aromatic N) is 2. The number of carbonyl (C=O) groups is 2. The summed E-state index contributed by atoms with van der Waals surface area (Å²) in [5.41, 5.74) is 5.16. The van der Waals surface area contributed by atoms with Crippen molar-refractivity contribution in [3.05, 3.63) is 89.2 Å². The molecule has 5 nitrogen and oxygen atoms in total. The van der Waals surface area contributed by atoms with E-state index >= 15 is 0 Å².